The molecule has 0 saturated heterocycles. The molecule has 3 aromatic rings. The number of hydrogen-bond donors (Lipinski definition) is 1. The highest BCUT2D eigenvalue weighted by molar-refractivity contribution is 5.98. The van der Waals surface area contributed by atoms with Crippen molar-refractivity contribution in [2.75, 3.05) is 21.3 Å². The van der Waals surface area contributed by atoms with Gasteiger partial charge in [0.05, 0.1) is 33.2 Å². The number of Topliss-reactive ketones (excluding diaryl/α,β-unsaturated/α-hetero) is 1. The van der Waals surface area contributed by atoms with Gasteiger partial charge in [-0.3, -0.25) is 9.59 Å². The van der Waals surface area contributed by atoms with Crippen molar-refractivity contribution in [1.82, 2.24) is 0 Å². The number of carbonyl (C=O) groups excluding carboxylic acids is 2. The van der Waals surface area contributed by atoms with Crippen LogP contribution in [0.5, 0.6) is 23.0 Å². The summed E-state index contributed by atoms with van der Waals surface area (Å²) in [7, 11) is 4.01. The highest BCUT2D eigenvalue weighted by Crippen LogP contribution is 2.36. The molecule has 9 nitrogen and oxygen atoms in total. The summed E-state index contributed by atoms with van der Waals surface area (Å²) in [6.45, 7) is 2.88. The van der Waals surface area contributed by atoms with E-state index in [1.807, 2.05) is 0 Å². The molecule has 0 spiro atoms. The zero-order chi connectivity index (χ0) is 28.9. The van der Waals surface area contributed by atoms with Gasteiger partial charge in [0.15, 0.2) is 11.9 Å². The quantitative estimate of drug-likeness (QED) is 0.164. The van der Waals surface area contributed by atoms with Crippen LogP contribution in [0.15, 0.2) is 48.7 Å². The maximum Gasteiger partial charge on any atom is 0.309 e. The first-order valence-electron chi connectivity index (χ1n) is 11.9. The molecule has 0 saturated carbocycles. The molecule has 0 bridgehead atoms. The number of ketones is 1. The second-order valence-corrected chi connectivity index (χ2v) is 8.83. The monoisotopic (exact) mass is 545 g/mol. The smallest absolute Gasteiger partial charge is 0.309 e. The van der Waals surface area contributed by atoms with Crippen LogP contribution in [0.3, 0.4) is 0 Å². The Labute approximate surface area is 224 Å². The number of benzene rings is 2. The SMILES string of the molecule is COc1ccc(C(c2ccc(OC)cc2F)[C@H](C)OC(=O)[C@H](C)CC(=O)c2c(O)c(OC)cc[n+]2[O-])c(F)c1. The average molecular weight is 546 g/mol. The highest BCUT2D eigenvalue weighted by Gasteiger charge is 2.33. The van der Waals surface area contributed by atoms with Gasteiger partial charge in [-0.25, -0.2) is 8.78 Å². The van der Waals surface area contributed by atoms with E-state index in [0.717, 1.165) is 18.3 Å². The number of pyridine rings is 1. The predicted molar refractivity (Wildman–Crippen MR) is 135 cm³/mol. The third-order valence-electron chi connectivity index (χ3n) is 6.27. The van der Waals surface area contributed by atoms with Crippen LogP contribution >= 0.6 is 0 Å². The van der Waals surface area contributed by atoms with Gasteiger partial charge in [-0.05, 0) is 30.2 Å². The molecule has 2 aromatic carbocycles. The van der Waals surface area contributed by atoms with Gasteiger partial charge in [0.1, 0.15) is 29.2 Å². The maximum atomic E-state index is 15.1. The van der Waals surface area contributed by atoms with Crippen LogP contribution in [0.2, 0.25) is 0 Å². The fraction of sp³-hybridized carbons (Fsp3) is 0.321. The Hall–Kier alpha value is -4.41. The van der Waals surface area contributed by atoms with E-state index in [1.54, 1.807) is 0 Å². The molecule has 3 rings (SSSR count). The second-order valence-electron chi connectivity index (χ2n) is 8.83. The Morgan fingerprint density at radius 1 is 0.923 bits per heavy atom. The molecule has 0 aliphatic carbocycles. The molecule has 0 radical (unpaired) electrons. The summed E-state index contributed by atoms with van der Waals surface area (Å²) < 4.78 is 51.1. The number of nitrogens with zero attached hydrogens (tertiary/aromatic N) is 1. The molecule has 0 aliphatic rings. The fourth-order valence-corrected chi connectivity index (χ4v) is 4.20. The molecule has 0 aliphatic heterocycles. The average Bonchev–Trinajstić information content (AvgIpc) is 2.90. The van der Waals surface area contributed by atoms with E-state index >= 15 is 8.78 Å². The third kappa shape index (κ3) is 6.36. The first-order valence-corrected chi connectivity index (χ1v) is 11.9. The lowest BCUT2D eigenvalue weighted by molar-refractivity contribution is -0.608. The van der Waals surface area contributed by atoms with E-state index in [9.17, 15) is 19.9 Å². The molecule has 1 N–H and O–H groups in total. The number of carbonyl (C=O) groups is 2. The van der Waals surface area contributed by atoms with Crippen LogP contribution in [-0.4, -0.2) is 44.3 Å². The summed E-state index contributed by atoms with van der Waals surface area (Å²) in [5, 5.41) is 22.3. The number of rotatable bonds is 11. The Morgan fingerprint density at radius 3 is 1.92 bits per heavy atom. The Balaban J connectivity index is 1.88. The molecule has 0 fully saturated rings. The van der Waals surface area contributed by atoms with Gasteiger partial charge >= 0.3 is 11.7 Å². The van der Waals surface area contributed by atoms with E-state index in [0.29, 0.717) is 0 Å². The Kier molecular flexibility index (Phi) is 9.29. The summed E-state index contributed by atoms with van der Waals surface area (Å²) in [6.07, 6.45) is -0.572. The van der Waals surface area contributed by atoms with Crippen LogP contribution in [0.25, 0.3) is 0 Å². The van der Waals surface area contributed by atoms with Gasteiger partial charge in [0.25, 0.3) is 0 Å². The van der Waals surface area contributed by atoms with Crippen molar-refractivity contribution in [3.05, 3.63) is 82.3 Å². The Morgan fingerprint density at radius 2 is 1.46 bits per heavy atom. The summed E-state index contributed by atoms with van der Waals surface area (Å²) in [6, 6.07) is 9.30. The highest BCUT2D eigenvalue weighted by atomic mass is 19.1. The number of esters is 1. The van der Waals surface area contributed by atoms with Crippen molar-refractivity contribution < 1.29 is 47.2 Å². The second kappa shape index (κ2) is 12.4. The number of methoxy groups -OCH3 is 3. The number of aromatic nitrogens is 1. The van der Waals surface area contributed by atoms with Crippen molar-refractivity contribution in [3.63, 3.8) is 0 Å². The minimum Gasteiger partial charge on any atom is -0.618 e. The molecule has 1 heterocycles. The fourth-order valence-electron chi connectivity index (χ4n) is 4.20. The van der Waals surface area contributed by atoms with Crippen molar-refractivity contribution in [1.29, 1.82) is 0 Å². The largest absolute Gasteiger partial charge is 0.618 e. The van der Waals surface area contributed by atoms with E-state index < -0.39 is 59.2 Å². The number of ether oxygens (including phenoxy) is 4. The van der Waals surface area contributed by atoms with Crippen LogP contribution in [0, 0.1) is 22.8 Å². The molecule has 2 atom stereocenters. The van der Waals surface area contributed by atoms with Gasteiger partial charge in [-0.15, -0.1) is 0 Å². The zero-order valence-electron chi connectivity index (χ0n) is 22.1. The molecule has 208 valence electrons. The van der Waals surface area contributed by atoms with Gasteiger partial charge in [0.2, 0.25) is 11.5 Å². The summed E-state index contributed by atoms with van der Waals surface area (Å²) >= 11 is 0. The lowest BCUT2D eigenvalue weighted by atomic mass is 9.86. The van der Waals surface area contributed by atoms with Crippen LogP contribution in [-0.2, 0) is 9.53 Å². The van der Waals surface area contributed by atoms with Crippen molar-refractivity contribution >= 4 is 11.8 Å². The van der Waals surface area contributed by atoms with E-state index in [1.165, 1.54) is 65.5 Å². The summed E-state index contributed by atoms with van der Waals surface area (Å²) in [4.78, 5) is 25.8. The van der Waals surface area contributed by atoms with Crippen LogP contribution in [0.1, 0.15) is 47.8 Å². The number of hydrogen-bond acceptors (Lipinski definition) is 8. The molecular formula is C28H29F2NO8. The third-order valence-corrected chi connectivity index (χ3v) is 6.27. The van der Waals surface area contributed by atoms with E-state index in [2.05, 4.69) is 0 Å². The Bertz CT molecular complexity index is 1310. The van der Waals surface area contributed by atoms with Crippen molar-refractivity contribution in [3.8, 4) is 23.0 Å². The van der Waals surface area contributed by atoms with Crippen LogP contribution in [0.4, 0.5) is 8.78 Å². The lowest BCUT2D eigenvalue weighted by Crippen LogP contribution is -2.35. The van der Waals surface area contributed by atoms with Crippen molar-refractivity contribution in [2.45, 2.75) is 32.3 Å². The van der Waals surface area contributed by atoms with Crippen molar-refractivity contribution in [2.24, 2.45) is 5.92 Å². The van der Waals surface area contributed by atoms with Gasteiger partial charge in [0, 0.05) is 24.6 Å². The zero-order valence-corrected chi connectivity index (χ0v) is 22.1. The molecular weight excluding hydrogens is 516 g/mol. The molecule has 1 aromatic heterocycles. The minimum absolute atomic E-state index is 0.0533. The van der Waals surface area contributed by atoms with Gasteiger partial charge in [-0.2, -0.15) is 4.73 Å². The topological polar surface area (TPSA) is 118 Å². The lowest BCUT2D eigenvalue weighted by Gasteiger charge is -2.27. The molecule has 0 unspecified atom stereocenters. The summed E-state index contributed by atoms with van der Waals surface area (Å²) in [5.74, 6) is -5.44. The normalized spacial score (nSPS) is 12.5. The predicted octanol–water partition coefficient (Wildman–Crippen LogP) is 4.30. The number of aromatic hydroxyl groups is 1. The maximum absolute atomic E-state index is 15.1. The van der Waals surface area contributed by atoms with Gasteiger partial charge in [-0.1, -0.05) is 19.1 Å². The first-order chi connectivity index (χ1) is 18.5. The van der Waals surface area contributed by atoms with Gasteiger partial charge < -0.3 is 29.3 Å². The van der Waals surface area contributed by atoms with Crippen LogP contribution < -0.4 is 18.9 Å². The molecule has 11 heteroatoms. The first kappa shape index (κ1) is 29.2. The standard InChI is InChI=1S/C28H29F2NO8/c1-15(12-23(32)26-27(33)24(38-5)10-11-31(26)35)28(34)39-16(2)25(19-8-6-17(36-3)13-21(19)29)20-9-7-18(37-4)14-22(20)30/h6-11,13-16,25,33H,12H2,1-5H3/t15-,16+/m1/s1. The molecule has 39 heavy (non-hydrogen) atoms. The summed E-state index contributed by atoms with van der Waals surface area (Å²) in [5.41, 5.74) is -0.476. The molecule has 0 amide bonds. The van der Waals surface area contributed by atoms with E-state index in [4.69, 9.17) is 18.9 Å². The number of halogens is 2. The van der Waals surface area contributed by atoms with E-state index in [-0.39, 0.29) is 33.1 Å². The minimum atomic E-state index is -1.09.